The molecule has 0 bridgehead atoms. The van der Waals surface area contributed by atoms with Crippen LogP contribution in [0.4, 0.5) is 11.4 Å². The fraction of sp³-hybridized carbons (Fsp3) is 0.389. The van der Waals surface area contributed by atoms with E-state index in [-0.39, 0.29) is 18.2 Å². The summed E-state index contributed by atoms with van der Waals surface area (Å²) < 4.78 is 1.16. The first-order chi connectivity index (χ1) is 11.2. The van der Waals surface area contributed by atoms with Crippen molar-refractivity contribution in [2.45, 2.75) is 42.2 Å². The van der Waals surface area contributed by atoms with Gasteiger partial charge in [0.15, 0.2) is 0 Å². The highest BCUT2D eigenvalue weighted by Crippen LogP contribution is 2.37. The number of hydrogen-bond acceptors (Lipinski definition) is 4. The topological polar surface area (TPSA) is 61.9 Å². The Morgan fingerprint density at radius 1 is 1.21 bits per heavy atom. The van der Waals surface area contributed by atoms with Gasteiger partial charge in [-0.3, -0.25) is 5.41 Å². The van der Waals surface area contributed by atoms with Crippen molar-refractivity contribution in [2.75, 3.05) is 11.6 Å². The molecule has 24 heavy (non-hydrogen) atoms. The monoisotopic (exact) mass is 381 g/mol. The maximum Gasteiger partial charge on any atom is 0.133 e. The van der Waals surface area contributed by atoms with E-state index in [2.05, 4.69) is 29.6 Å². The summed E-state index contributed by atoms with van der Waals surface area (Å²) in [4.78, 5) is 0.815. The predicted molar refractivity (Wildman–Crippen MR) is 110 cm³/mol. The van der Waals surface area contributed by atoms with E-state index in [1.54, 1.807) is 23.1 Å². The molecule has 1 fully saturated rings. The Labute approximate surface area is 158 Å². The Bertz CT molecular complexity index is 676. The Balaban J connectivity index is 0.00000208. The average Bonchev–Trinajstić information content (AvgIpc) is 2.99. The summed E-state index contributed by atoms with van der Waals surface area (Å²) in [5, 5.41) is 11.1. The molecular formula is C18H24ClN3S2. The maximum atomic E-state index is 7.59. The van der Waals surface area contributed by atoms with Gasteiger partial charge in [-0.2, -0.15) is 0 Å². The fourth-order valence-electron chi connectivity index (χ4n) is 3.18. The summed E-state index contributed by atoms with van der Waals surface area (Å²) >= 11 is 3.25. The molecule has 0 saturated heterocycles. The molecule has 1 heterocycles. The Kier molecular flexibility index (Phi) is 7.02. The van der Waals surface area contributed by atoms with Gasteiger partial charge in [-0.25, -0.2) is 0 Å². The first kappa shape index (κ1) is 19.2. The molecular weight excluding hydrogens is 358 g/mol. The third kappa shape index (κ3) is 4.47. The van der Waals surface area contributed by atoms with Gasteiger partial charge < -0.3 is 11.1 Å². The van der Waals surface area contributed by atoms with Gasteiger partial charge in [0.2, 0.25) is 0 Å². The van der Waals surface area contributed by atoms with Crippen LogP contribution in [0.25, 0.3) is 0 Å². The van der Waals surface area contributed by atoms with Crippen molar-refractivity contribution in [3.8, 4) is 0 Å². The number of hydrogen-bond donors (Lipinski definition) is 3. The molecule has 0 atom stereocenters. The molecule has 0 unspecified atom stereocenters. The van der Waals surface area contributed by atoms with Gasteiger partial charge in [-0.15, -0.1) is 35.5 Å². The smallest absolute Gasteiger partial charge is 0.133 e. The van der Waals surface area contributed by atoms with Crippen molar-refractivity contribution in [3.05, 3.63) is 40.8 Å². The van der Waals surface area contributed by atoms with E-state index >= 15 is 0 Å². The quantitative estimate of drug-likeness (QED) is 0.339. The van der Waals surface area contributed by atoms with E-state index in [0.717, 1.165) is 26.4 Å². The molecule has 130 valence electrons. The number of nitrogens with two attached hydrogens (primary N) is 1. The number of thioether (sulfide) groups is 1. The summed E-state index contributed by atoms with van der Waals surface area (Å²) in [6.07, 6.45) is 8.83. The molecule has 1 aliphatic carbocycles. The van der Waals surface area contributed by atoms with Crippen molar-refractivity contribution < 1.29 is 0 Å². The molecule has 3 rings (SSSR count). The van der Waals surface area contributed by atoms with E-state index in [9.17, 15) is 0 Å². The molecule has 4 N–H and O–H groups in total. The van der Waals surface area contributed by atoms with Crippen molar-refractivity contribution in [1.29, 1.82) is 5.41 Å². The van der Waals surface area contributed by atoms with Crippen LogP contribution in [0, 0.1) is 5.41 Å². The second-order valence-electron chi connectivity index (χ2n) is 6.01. The normalized spacial score (nSPS) is 14.9. The molecule has 0 radical (unpaired) electrons. The van der Waals surface area contributed by atoms with E-state index in [0.29, 0.717) is 0 Å². The fourth-order valence-corrected chi connectivity index (χ4v) is 4.81. The zero-order chi connectivity index (χ0) is 16.2. The zero-order valence-electron chi connectivity index (χ0n) is 13.8. The number of thiophene rings is 1. The third-order valence-electron chi connectivity index (χ3n) is 4.42. The number of anilines is 2. The van der Waals surface area contributed by atoms with E-state index < -0.39 is 0 Å². The minimum atomic E-state index is 0. The van der Waals surface area contributed by atoms with E-state index in [1.807, 2.05) is 12.3 Å². The van der Waals surface area contributed by atoms with Crippen LogP contribution >= 0.6 is 35.5 Å². The van der Waals surface area contributed by atoms with Gasteiger partial charge in [-0.05, 0) is 48.8 Å². The number of benzene rings is 1. The first-order valence-corrected chi connectivity index (χ1v) is 10.1. The van der Waals surface area contributed by atoms with Crippen molar-refractivity contribution >= 4 is 52.7 Å². The summed E-state index contributed by atoms with van der Waals surface area (Å²) in [5.41, 5.74) is 9.20. The minimum Gasteiger partial charge on any atom is -0.383 e. The van der Waals surface area contributed by atoms with Crippen molar-refractivity contribution in [1.82, 2.24) is 0 Å². The molecule has 0 spiro atoms. The Morgan fingerprint density at radius 3 is 2.46 bits per heavy atom. The van der Waals surface area contributed by atoms with Crippen LogP contribution in [0.1, 0.15) is 48.5 Å². The highest BCUT2D eigenvalue weighted by atomic mass is 35.5. The maximum absolute atomic E-state index is 7.59. The summed E-state index contributed by atoms with van der Waals surface area (Å²) in [6, 6.07) is 10.8. The number of rotatable bonds is 5. The SMILES string of the molecule is CSc1sc(C(=N)N)cc1Nc1ccc(C2CCCCC2)cc1.Cl. The summed E-state index contributed by atoms with van der Waals surface area (Å²) in [5.74, 6) is 0.871. The molecule has 6 heteroatoms. The molecule has 1 saturated carbocycles. The zero-order valence-corrected chi connectivity index (χ0v) is 16.3. The number of amidine groups is 1. The lowest BCUT2D eigenvalue weighted by atomic mass is 9.84. The highest BCUT2D eigenvalue weighted by Gasteiger charge is 2.15. The van der Waals surface area contributed by atoms with Gasteiger partial charge >= 0.3 is 0 Å². The van der Waals surface area contributed by atoms with Crippen LogP contribution < -0.4 is 11.1 Å². The molecule has 0 amide bonds. The lowest BCUT2D eigenvalue weighted by Gasteiger charge is -2.22. The van der Waals surface area contributed by atoms with Crippen LogP contribution in [0.15, 0.2) is 34.5 Å². The third-order valence-corrected chi connectivity index (χ3v) is 6.72. The van der Waals surface area contributed by atoms with Crippen LogP contribution in [0.5, 0.6) is 0 Å². The first-order valence-electron chi connectivity index (χ1n) is 8.06. The van der Waals surface area contributed by atoms with Gasteiger partial charge in [0.25, 0.3) is 0 Å². The largest absolute Gasteiger partial charge is 0.383 e. The lowest BCUT2D eigenvalue weighted by Crippen LogP contribution is -2.08. The second kappa shape index (κ2) is 8.79. The summed E-state index contributed by atoms with van der Waals surface area (Å²) in [6.45, 7) is 0. The molecule has 1 aromatic carbocycles. The Hall–Kier alpha value is -1.17. The van der Waals surface area contributed by atoms with Crippen LogP contribution in [0.2, 0.25) is 0 Å². The average molecular weight is 382 g/mol. The second-order valence-corrected chi connectivity index (χ2v) is 8.14. The van der Waals surface area contributed by atoms with Crippen molar-refractivity contribution in [3.63, 3.8) is 0 Å². The number of nitrogens with one attached hydrogen (secondary N) is 2. The van der Waals surface area contributed by atoms with Crippen LogP contribution in [-0.4, -0.2) is 12.1 Å². The van der Waals surface area contributed by atoms with Gasteiger partial charge in [0, 0.05) is 5.69 Å². The molecule has 3 nitrogen and oxygen atoms in total. The van der Waals surface area contributed by atoms with E-state index in [1.165, 1.54) is 37.7 Å². The Morgan fingerprint density at radius 2 is 1.88 bits per heavy atom. The van der Waals surface area contributed by atoms with Gasteiger partial charge in [0.1, 0.15) is 5.84 Å². The van der Waals surface area contributed by atoms with Crippen molar-refractivity contribution in [2.24, 2.45) is 5.73 Å². The molecule has 2 aromatic rings. The minimum absolute atomic E-state index is 0. The standard InChI is InChI=1S/C18H23N3S2.ClH/c1-22-18-15(11-16(23-18)17(19)20)21-14-9-7-13(8-10-14)12-5-3-2-4-6-12;/h7-12,21H,2-6H2,1H3,(H3,19,20);1H. The molecule has 1 aliphatic rings. The lowest BCUT2D eigenvalue weighted by molar-refractivity contribution is 0.443. The van der Waals surface area contributed by atoms with Gasteiger partial charge in [0.05, 0.1) is 14.8 Å². The van der Waals surface area contributed by atoms with Crippen LogP contribution in [-0.2, 0) is 0 Å². The molecule has 0 aliphatic heterocycles. The van der Waals surface area contributed by atoms with Crippen LogP contribution in [0.3, 0.4) is 0 Å². The molecule has 1 aromatic heterocycles. The predicted octanol–water partition coefficient (Wildman–Crippen LogP) is 5.97. The van der Waals surface area contributed by atoms with Gasteiger partial charge in [-0.1, -0.05) is 31.4 Å². The highest BCUT2D eigenvalue weighted by molar-refractivity contribution is 8.00. The summed E-state index contributed by atoms with van der Waals surface area (Å²) in [7, 11) is 0. The number of nitrogen functional groups attached to an aromatic ring is 1. The van der Waals surface area contributed by atoms with E-state index in [4.69, 9.17) is 11.1 Å². The number of halogens is 1.